The number of rotatable bonds is 9. The molecule has 4 nitrogen and oxygen atoms in total. The Labute approximate surface area is 173 Å². The molecule has 0 fully saturated rings. The summed E-state index contributed by atoms with van der Waals surface area (Å²) in [6, 6.07) is 12.3. The molecular formula is C21H22ClFN2O2S. The summed E-state index contributed by atoms with van der Waals surface area (Å²) in [6.07, 6.45) is 2.08. The average Bonchev–Trinajstić information content (AvgIpc) is 3.00. The number of imidazole rings is 1. The first-order chi connectivity index (χ1) is 13.6. The number of carbonyl (C=O) groups is 1. The van der Waals surface area contributed by atoms with E-state index < -0.39 is 0 Å². The van der Waals surface area contributed by atoms with Gasteiger partial charge in [0.1, 0.15) is 5.82 Å². The third-order valence-corrected chi connectivity index (χ3v) is 5.56. The van der Waals surface area contributed by atoms with Crippen LogP contribution in [0.2, 0.25) is 5.02 Å². The Kier molecular flexibility index (Phi) is 7.34. The molecule has 0 amide bonds. The first kappa shape index (κ1) is 20.7. The maximum atomic E-state index is 13.8. The molecule has 0 saturated carbocycles. The molecule has 1 aromatic heterocycles. The molecule has 28 heavy (non-hydrogen) atoms. The van der Waals surface area contributed by atoms with E-state index >= 15 is 0 Å². The molecule has 0 bridgehead atoms. The van der Waals surface area contributed by atoms with Crippen molar-refractivity contribution in [3.8, 4) is 0 Å². The number of hydrogen-bond donors (Lipinski definition) is 0. The van der Waals surface area contributed by atoms with Crippen molar-refractivity contribution in [2.24, 2.45) is 0 Å². The topological polar surface area (TPSA) is 44.1 Å². The number of esters is 1. The summed E-state index contributed by atoms with van der Waals surface area (Å²) in [5.74, 6) is 0.389. The van der Waals surface area contributed by atoms with Crippen LogP contribution in [0.4, 0.5) is 4.39 Å². The number of unbranched alkanes of at least 4 members (excludes halogenated alkanes) is 1. The standard InChI is InChI=1S/C21H22ClFN2O2S/c1-2-27-20(26)5-3-4-12-28-21-24-18-11-10-17(23)13-19(18)25(21)14-15-6-8-16(22)9-7-15/h6-11,13H,2-5,12,14H2,1H3. The first-order valence-electron chi connectivity index (χ1n) is 9.25. The highest BCUT2D eigenvalue weighted by atomic mass is 35.5. The van der Waals surface area contributed by atoms with Crippen molar-refractivity contribution in [2.45, 2.75) is 37.9 Å². The van der Waals surface area contributed by atoms with Gasteiger partial charge in [0.05, 0.1) is 24.2 Å². The van der Waals surface area contributed by atoms with Gasteiger partial charge >= 0.3 is 5.97 Å². The Balaban J connectivity index is 1.71. The maximum absolute atomic E-state index is 13.8. The van der Waals surface area contributed by atoms with Crippen LogP contribution in [0.25, 0.3) is 11.0 Å². The third-order valence-electron chi connectivity index (χ3n) is 4.24. The number of halogens is 2. The molecule has 2 aromatic carbocycles. The highest BCUT2D eigenvalue weighted by molar-refractivity contribution is 7.99. The van der Waals surface area contributed by atoms with Crippen molar-refractivity contribution in [1.29, 1.82) is 0 Å². The summed E-state index contributed by atoms with van der Waals surface area (Å²) in [5, 5.41) is 1.52. The molecule has 0 aliphatic rings. The second-order valence-electron chi connectivity index (χ2n) is 6.35. The second-order valence-corrected chi connectivity index (χ2v) is 7.85. The Morgan fingerprint density at radius 2 is 2.00 bits per heavy atom. The van der Waals surface area contributed by atoms with Gasteiger partial charge in [-0.1, -0.05) is 35.5 Å². The van der Waals surface area contributed by atoms with E-state index in [0.717, 1.165) is 40.3 Å². The van der Waals surface area contributed by atoms with Crippen molar-refractivity contribution in [3.05, 3.63) is 58.9 Å². The van der Waals surface area contributed by atoms with Crippen LogP contribution in [0.1, 0.15) is 31.7 Å². The van der Waals surface area contributed by atoms with Crippen LogP contribution >= 0.6 is 23.4 Å². The van der Waals surface area contributed by atoms with Crippen LogP contribution < -0.4 is 0 Å². The Hall–Kier alpha value is -2.05. The molecule has 0 saturated heterocycles. The molecule has 7 heteroatoms. The average molecular weight is 421 g/mol. The predicted molar refractivity (Wildman–Crippen MR) is 111 cm³/mol. The monoisotopic (exact) mass is 420 g/mol. The van der Waals surface area contributed by atoms with Crippen LogP contribution in [-0.4, -0.2) is 27.9 Å². The summed E-state index contributed by atoms with van der Waals surface area (Å²) in [7, 11) is 0. The maximum Gasteiger partial charge on any atom is 0.305 e. The molecule has 0 atom stereocenters. The van der Waals surface area contributed by atoms with E-state index in [0.29, 0.717) is 24.6 Å². The van der Waals surface area contributed by atoms with E-state index in [9.17, 15) is 9.18 Å². The van der Waals surface area contributed by atoms with Crippen molar-refractivity contribution in [2.75, 3.05) is 12.4 Å². The zero-order valence-corrected chi connectivity index (χ0v) is 17.2. The van der Waals surface area contributed by atoms with Crippen LogP contribution in [-0.2, 0) is 16.1 Å². The molecule has 0 N–H and O–H groups in total. The zero-order valence-electron chi connectivity index (χ0n) is 15.7. The van der Waals surface area contributed by atoms with Crippen LogP contribution in [0.5, 0.6) is 0 Å². The molecule has 148 valence electrons. The number of fused-ring (bicyclic) bond motifs is 1. The van der Waals surface area contributed by atoms with Gasteiger partial charge in [-0.2, -0.15) is 0 Å². The number of thioether (sulfide) groups is 1. The van der Waals surface area contributed by atoms with E-state index in [2.05, 4.69) is 4.98 Å². The quantitative estimate of drug-likeness (QED) is 0.253. The molecular weight excluding hydrogens is 399 g/mol. The largest absolute Gasteiger partial charge is 0.466 e. The van der Waals surface area contributed by atoms with E-state index in [4.69, 9.17) is 16.3 Å². The van der Waals surface area contributed by atoms with E-state index in [1.807, 2.05) is 35.8 Å². The molecule has 0 aliphatic carbocycles. The fraction of sp³-hybridized carbons (Fsp3) is 0.333. The van der Waals surface area contributed by atoms with Crippen molar-refractivity contribution < 1.29 is 13.9 Å². The minimum absolute atomic E-state index is 0.155. The van der Waals surface area contributed by atoms with Crippen molar-refractivity contribution in [3.63, 3.8) is 0 Å². The normalized spacial score (nSPS) is 11.1. The fourth-order valence-electron chi connectivity index (χ4n) is 2.88. The van der Waals surface area contributed by atoms with Crippen LogP contribution in [0.15, 0.2) is 47.6 Å². The van der Waals surface area contributed by atoms with Gasteiger partial charge in [-0.05, 0) is 55.7 Å². The van der Waals surface area contributed by atoms with Gasteiger partial charge in [0.2, 0.25) is 0 Å². The van der Waals surface area contributed by atoms with Crippen molar-refractivity contribution >= 4 is 40.4 Å². The van der Waals surface area contributed by atoms with Crippen LogP contribution in [0, 0.1) is 5.82 Å². The molecule has 0 unspecified atom stereocenters. The van der Waals surface area contributed by atoms with Crippen molar-refractivity contribution in [1.82, 2.24) is 9.55 Å². The minimum atomic E-state index is -0.282. The van der Waals surface area contributed by atoms with Gasteiger partial charge in [-0.3, -0.25) is 4.79 Å². The summed E-state index contributed by atoms with van der Waals surface area (Å²) in [5.41, 5.74) is 2.60. The van der Waals surface area contributed by atoms with Gasteiger partial charge < -0.3 is 9.30 Å². The predicted octanol–water partition coefficient (Wildman–Crippen LogP) is 5.70. The Morgan fingerprint density at radius 1 is 1.21 bits per heavy atom. The summed E-state index contributed by atoms with van der Waals surface area (Å²) in [4.78, 5) is 16.1. The highest BCUT2D eigenvalue weighted by Gasteiger charge is 2.13. The van der Waals surface area contributed by atoms with E-state index in [1.54, 1.807) is 17.8 Å². The lowest BCUT2D eigenvalue weighted by Crippen LogP contribution is -2.04. The molecule has 0 aliphatic heterocycles. The number of carbonyl (C=O) groups excluding carboxylic acids is 1. The Bertz CT molecular complexity index is 943. The summed E-state index contributed by atoms with van der Waals surface area (Å²) in [6.45, 7) is 2.81. The van der Waals surface area contributed by atoms with Gasteiger partial charge in [-0.25, -0.2) is 9.37 Å². The fourth-order valence-corrected chi connectivity index (χ4v) is 4.02. The molecule has 3 aromatic rings. The minimum Gasteiger partial charge on any atom is -0.466 e. The van der Waals surface area contributed by atoms with Crippen LogP contribution in [0.3, 0.4) is 0 Å². The third kappa shape index (κ3) is 5.49. The van der Waals surface area contributed by atoms with Gasteiger partial charge in [0.25, 0.3) is 0 Å². The Morgan fingerprint density at radius 3 is 2.75 bits per heavy atom. The number of aromatic nitrogens is 2. The second kappa shape index (κ2) is 9.94. The SMILES string of the molecule is CCOC(=O)CCCCSc1nc2ccc(F)cc2n1Cc1ccc(Cl)cc1. The molecule has 0 spiro atoms. The molecule has 1 heterocycles. The molecule has 0 radical (unpaired) electrons. The lowest BCUT2D eigenvalue weighted by Gasteiger charge is -2.09. The number of nitrogens with zero attached hydrogens (tertiary/aromatic N) is 2. The number of benzene rings is 2. The van der Waals surface area contributed by atoms with Gasteiger partial charge in [0.15, 0.2) is 5.16 Å². The smallest absolute Gasteiger partial charge is 0.305 e. The van der Waals surface area contributed by atoms with E-state index in [-0.39, 0.29) is 11.8 Å². The van der Waals surface area contributed by atoms with Gasteiger partial charge in [-0.15, -0.1) is 0 Å². The number of ether oxygens (including phenoxy) is 1. The molecule has 3 rings (SSSR count). The lowest BCUT2D eigenvalue weighted by atomic mass is 10.2. The lowest BCUT2D eigenvalue weighted by molar-refractivity contribution is -0.143. The highest BCUT2D eigenvalue weighted by Crippen LogP contribution is 2.27. The summed E-state index contributed by atoms with van der Waals surface area (Å²) >= 11 is 7.59. The van der Waals surface area contributed by atoms with E-state index in [1.165, 1.54) is 12.1 Å². The zero-order chi connectivity index (χ0) is 19.9. The van der Waals surface area contributed by atoms with Gasteiger partial charge in [0, 0.05) is 17.2 Å². The first-order valence-corrected chi connectivity index (χ1v) is 10.6. The summed E-state index contributed by atoms with van der Waals surface area (Å²) < 4.78 is 20.8. The number of hydrogen-bond acceptors (Lipinski definition) is 4.